The zero-order valence-electron chi connectivity index (χ0n) is 10.2. The van der Waals surface area contributed by atoms with Crippen molar-refractivity contribution in [2.45, 2.75) is 0 Å². The third kappa shape index (κ3) is 2.00. The van der Waals surface area contributed by atoms with E-state index >= 15 is 0 Å². The summed E-state index contributed by atoms with van der Waals surface area (Å²) in [5.41, 5.74) is -0.432. The molecule has 0 saturated heterocycles. The molecule has 0 spiro atoms. The second-order valence-electron chi connectivity index (χ2n) is 4.03. The van der Waals surface area contributed by atoms with Gasteiger partial charge >= 0.3 is 0 Å². The van der Waals surface area contributed by atoms with Gasteiger partial charge in [0.2, 0.25) is 0 Å². The van der Waals surface area contributed by atoms with Crippen molar-refractivity contribution in [1.29, 1.82) is 0 Å². The molecular formula is C13H8F3N3S. The Balaban J connectivity index is 2.29. The lowest BCUT2D eigenvalue weighted by atomic mass is 10.1. The van der Waals surface area contributed by atoms with Crippen molar-refractivity contribution in [3.05, 3.63) is 41.0 Å². The van der Waals surface area contributed by atoms with Crippen LogP contribution in [0.3, 0.4) is 0 Å². The molecule has 3 rings (SSSR count). The van der Waals surface area contributed by atoms with Crippen molar-refractivity contribution in [3.8, 4) is 11.4 Å². The number of thiophene rings is 1. The van der Waals surface area contributed by atoms with Gasteiger partial charge in [0.1, 0.15) is 28.1 Å². The van der Waals surface area contributed by atoms with Crippen LogP contribution in [0.4, 0.5) is 19.0 Å². The van der Waals surface area contributed by atoms with Crippen LogP contribution in [-0.4, -0.2) is 17.0 Å². The summed E-state index contributed by atoms with van der Waals surface area (Å²) in [5, 5.41) is 5.43. The Morgan fingerprint density at radius 2 is 1.80 bits per heavy atom. The smallest absolute Gasteiger partial charge is 0.169 e. The molecule has 1 N–H and O–H groups in total. The molecule has 0 saturated carbocycles. The van der Waals surface area contributed by atoms with Gasteiger partial charge in [0.15, 0.2) is 5.82 Å². The molecule has 0 radical (unpaired) electrons. The summed E-state index contributed by atoms with van der Waals surface area (Å²) in [7, 11) is 1.65. The second kappa shape index (κ2) is 4.75. The lowest BCUT2D eigenvalue weighted by Crippen LogP contribution is -2.01. The number of halogens is 3. The molecule has 2 heterocycles. The Kier molecular flexibility index (Phi) is 3.06. The van der Waals surface area contributed by atoms with Gasteiger partial charge in [0.05, 0.1) is 10.9 Å². The fourth-order valence-corrected chi connectivity index (χ4v) is 2.68. The number of hydrogen-bond donors (Lipinski definition) is 1. The maximum atomic E-state index is 13.8. The maximum absolute atomic E-state index is 13.8. The Bertz CT molecular complexity index is 778. The second-order valence-corrected chi connectivity index (χ2v) is 4.92. The molecule has 3 aromatic rings. The highest BCUT2D eigenvalue weighted by Gasteiger charge is 2.18. The van der Waals surface area contributed by atoms with Crippen LogP contribution in [0.25, 0.3) is 21.6 Å². The first kappa shape index (κ1) is 12.9. The van der Waals surface area contributed by atoms with Crippen LogP contribution in [0.15, 0.2) is 23.6 Å². The molecule has 0 aliphatic carbocycles. The molecule has 0 aliphatic heterocycles. The van der Waals surface area contributed by atoms with Gasteiger partial charge in [-0.15, -0.1) is 11.3 Å². The maximum Gasteiger partial charge on any atom is 0.169 e. The highest BCUT2D eigenvalue weighted by atomic mass is 32.1. The number of aromatic nitrogens is 2. The van der Waals surface area contributed by atoms with Crippen molar-refractivity contribution in [1.82, 2.24) is 9.97 Å². The molecule has 3 nitrogen and oxygen atoms in total. The summed E-state index contributed by atoms with van der Waals surface area (Å²) >= 11 is 1.33. The number of fused-ring (bicyclic) bond motifs is 1. The predicted molar refractivity (Wildman–Crippen MR) is 72.3 cm³/mol. The summed E-state index contributed by atoms with van der Waals surface area (Å²) in [6.07, 6.45) is 0. The summed E-state index contributed by atoms with van der Waals surface area (Å²) < 4.78 is 40.5. The number of rotatable bonds is 2. The minimum Gasteiger partial charge on any atom is -0.372 e. The first-order chi connectivity index (χ1) is 9.60. The first-order valence-corrected chi connectivity index (χ1v) is 6.56. The van der Waals surface area contributed by atoms with E-state index in [0.717, 1.165) is 5.39 Å². The molecule has 0 bridgehead atoms. The fraction of sp³-hybridized carbons (Fsp3) is 0.0769. The van der Waals surface area contributed by atoms with Crippen molar-refractivity contribution >= 4 is 27.4 Å². The molecule has 102 valence electrons. The number of nitrogens with zero attached hydrogens (tertiary/aromatic N) is 2. The minimum absolute atomic E-state index is 0.112. The highest BCUT2D eigenvalue weighted by molar-refractivity contribution is 7.16. The largest absolute Gasteiger partial charge is 0.372 e. The van der Waals surface area contributed by atoms with E-state index in [-0.39, 0.29) is 5.82 Å². The molecule has 20 heavy (non-hydrogen) atoms. The summed E-state index contributed by atoms with van der Waals surface area (Å²) in [4.78, 5) is 8.83. The topological polar surface area (TPSA) is 37.8 Å². The Morgan fingerprint density at radius 1 is 1.10 bits per heavy atom. The normalized spacial score (nSPS) is 11.0. The van der Waals surface area contributed by atoms with Crippen molar-refractivity contribution in [3.63, 3.8) is 0 Å². The summed E-state index contributed by atoms with van der Waals surface area (Å²) in [6, 6.07) is 3.03. The Hall–Kier alpha value is -2.15. The monoisotopic (exact) mass is 295 g/mol. The molecule has 0 aliphatic rings. The van der Waals surface area contributed by atoms with Gasteiger partial charge < -0.3 is 5.32 Å². The van der Waals surface area contributed by atoms with Crippen LogP contribution < -0.4 is 5.32 Å². The molecule has 0 fully saturated rings. The van der Waals surface area contributed by atoms with Crippen LogP contribution in [0.1, 0.15) is 0 Å². The van der Waals surface area contributed by atoms with E-state index < -0.39 is 23.0 Å². The Labute approximate surface area is 116 Å². The van der Waals surface area contributed by atoms with Gasteiger partial charge in [-0.1, -0.05) is 0 Å². The van der Waals surface area contributed by atoms with Gasteiger partial charge in [-0.3, -0.25) is 0 Å². The highest BCUT2D eigenvalue weighted by Crippen LogP contribution is 2.30. The van der Waals surface area contributed by atoms with Crippen LogP contribution in [0, 0.1) is 17.5 Å². The number of hydrogen-bond acceptors (Lipinski definition) is 4. The zero-order valence-corrected chi connectivity index (χ0v) is 11.1. The molecular weight excluding hydrogens is 287 g/mol. The van der Waals surface area contributed by atoms with Gasteiger partial charge in [-0.05, 0) is 11.4 Å². The van der Waals surface area contributed by atoms with E-state index in [0.29, 0.717) is 22.8 Å². The SMILES string of the molecule is CNc1nc(-c2c(F)cc(F)cc2F)nc2sccc12. The van der Waals surface area contributed by atoms with E-state index in [1.807, 2.05) is 6.07 Å². The minimum atomic E-state index is -1.03. The van der Waals surface area contributed by atoms with E-state index in [4.69, 9.17) is 0 Å². The van der Waals surface area contributed by atoms with Crippen LogP contribution in [0.5, 0.6) is 0 Å². The molecule has 1 aromatic carbocycles. The van der Waals surface area contributed by atoms with Crippen molar-refractivity contribution in [2.24, 2.45) is 0 Å². The zero-order chi connectivity index (χ0) is 14.3. The van der Waals surface area contributed by atoms with Crippen molar-refractivity contribution < 1.29 is 13.2 Å². The number of anilines is 1. The van der Waals surface area contributed by atoms with Crippen LogP contribution >= 0.6 is 11.3 Å². The Morgan fingerprint density at radius 3 is 2.45 bits per heavy atom. The molecule has 7 heteroatoms. The van der Waals surface area contributed by atoms with E-state index in [1.165, 1.54) is 11.3 Å². The first-order valence-electron chi connectivity index (χ1n) is 5.68. The molecule has 2 aromatic heterocycles. The third-order valence-corrected chi connectivity index (χ3v) is 3.60. The fourth-order valence-electron chi connectivity index (χ4n) is 1.91. The lowest BCUT2D eigenvalue weighted by molar-refractivity contribution is 0.547. The van der Waals surface area contributed by atoms with Crippen molar-refractivity contribution in [2.75, 3.05) is 12.4 Å². The van der Waals surface area contributed by atoms with E-state index in [2.05, 4.69) is 15.3 Å². The van der Waals surface area contributed by atoms with Crippen LogP contribution in [0.2, 0.25) is 0 Å². The number of benzene rings is 1. The molecule has 0 unspecified atom stereocenters. The summed E-state index contributed by atoms with van der Waals surface area (Å²) in [6.45, 7) is 0. The van der Waals surface area contributed by atoms with Crippen LogP contribution in [-0.2, 0) is 0 Å². The standard InChI is InChI=1S/C13H8F3N3S/c1-17-11-7-2-3-20-13(7)19-12(18-11)10-8(15)4-6(14)5-9(10)16/h2-5H,1H3,(H,17,18,19). The average molecular weight is 295 g/mol. The van der Waals surface area contributed by atoms with Gasteiger partial charge in [-0.25, -0.2) is 23.1 Å². The number of nitrogens with one attached hydrogen (secondary N) is 1. The predicted octanol–water partition coefficient (Wildman–Crippen LogP) is 3.82. The summed E-state index contributed by atoms with van der Waals surface area (Å²) in [5.74, 6) is -2.68. The van der Waals surface area contributed by atoms with Gasteiger partial charge in [0.25, 0.3) is 0 Å². The quantitative estimate of drug-likeness (QED) is 0.781. The van der Waals surface area contributed by atoms with E-state index in [9.17, 15) is 13.2 Å². The van der Waals surface area contributed by atoms with Gasteiger partial charge in [0, 0.05) is 19.2 Å². The lowest BCUT2D eigenvalue weighted by Gasteiger charge is -2.07. The van der Waals surface area contributed by atoms with Gasteiger partial charge in [-0.2, -0.15) is 0 Å². The third-order valence-electron chi connectivity index (χ3n) is 2.79. The average Bonchev–Trinajstić information content (AvgIpc) is 2.84. The molecule has 0 amide bonds. The molecule has 0 atom stereocenters. The van der Waals surface area contributed by atoms with E-state index in [1.54, 1.807) is 12.4 Å².